The first-order chi connectivity index (χ1) is 6.56. The summed E-state index contributed by atoms with van der Waals surface area (Å²) in [5.74, 6) is -0.211. The van der Waals surface area contributed by atoms with Crippen molar-refractivity contribution in [3.63, 3.8) is 0 Å². The molecular weight excluding hydrogens is 194 g/mol. The number of esters is 1. The lowest BCUT2D eigenvalue weighted by Crippen LogP contribution is -1.95. The van der Waals surface area contributed by atoms with Gasteiger partial charge in [-0.2, -0.15) is 0 Å². The van der Waals surface area contributed by atoms with Crippen molar-refractivity contribution in [3.05, 3.63) is 29.8 Å². The van der Waals surface area contributed by atoms with E-state index >= 15 is 0 Å². The lowest BCUT2D eigenvalue weighted by Gasteiger charge is -1.90. The topological polar surface area (TPSA) is 83.8 Å². The van der Waals surface area contributed by atoms with Gasteiger partial charge in [0.1, 0.15) is 0 Å². The number of hydrogen-bond acceptors (Lipinski definition) is 3. The molecule has 0 bridgehead atoms. The molecule has 0 fully saturated rings. The average molecular weight is 213 g/mol. The molecule has 0 amide bonds. The summed E-state index contributed by atoms with van der Waals surface area (Å²) in [6.07, 6.45) is 0. The molecule has 4 heteroatoms. The Bertz CT molecular complexity index is 249. The Morgan fingerprint density at radius 1 is 1.33 bits per heavy atom. The van der Waals surface area contributed by atoms with Crippen LogP contribution in [-0.2, 0) is 9.53 Å². The molecule has 0 radical (unpaired) electrons. The molecule has 0 aromatic heterocycles. The summed E-state index contributed by atoms with van der Waals surface area (Å²) in [6, 6.07) is 7.79. The second-order valence-electron chi connectivity index (χ2n) is 2.84. The minimum absolute atomic E-state index is 0. The molecule has 0 spiro atoms. The number of carbonyl (C=O) groups is 1. The lowest BCUT2D eigenvalue weighted by molar-refractivity contribution is -0.140. The van der Waals surface area contributed by atoms with Gasteiger partial charge < -0.3 is 15.9 Å². The highest BCUT2D eigenvalue weighted by molar-refractivity contribution is 5.65. The van der Waals surface area contributed by atoms with Gasteiger partial charge in [0.05, 0.1) is 6.61 Å². The Kier molecular flexibility index (Phi) is 9.57. The van der Waals surface area contributed by atoms with Crippen molar-refractivity contribution in [3.8, 4) is 0 Å². The molecule has 1 aromatic carbocycles. The van der Waals surface area contributed by atoms with Gasteiger partial charge in [0.25, 0.3) is 0 Å². The van der Waals surface area contributed by atoms with Crippen LogP contribution in [0, 0.1) is 6.92 Å². The summed E-state index contributed by atoms with van der Waals surface area (Å²) < 4.78 is 4.40. The van der Waals surface area contributed by atoms with E-state index in [2.05, 4.69) is 4.74 Å². The standard InChI is InChI=1S/C7H9N.C4H8O2.H2O/c1-6-2-4-7(8)5-3-6;1-3-6-4(2)5;/h2-5H,8H2,1H3;3H2,1-2H3;1H2. The summed E-state index contributed by atoms with van der Waals surface area (Å²) in [4.78, 5) is 9.82. The smallest absolute Gasteiger partial charge is 0.302 e. The van der Waals surface area contributed by atoms with Crippen LogP contribution in [0.5, 0.6) is 0 Å². The van der Waals surface area contributed by atoms with Crippen molar-refractivity contribution >= 4 is 11.7 Å². The van der Waals surface area contributed by atoms with Gasteiger partial charge in [-0.1, -0.05) is 17.7 Å². The fourth-order valence-corrected chi connectivity index (χ4v) is 0.770. The molecular formula is C11H19NO3. The highest BCUT2D eigenvalue weighted by Crippen LogP contribution is 2.02. The number of carbonyl (C=O) groups excluding carboxylic acids is 1. The van der Waals surface area contributed by atoms with Crippen LogP contribution in [0.3, 0.4) is 0 Å². The van der Waals surface area contributed by atoms with Crippen molar-refractivity contribution in [2.45, 2.75) is 20.8 Å². The number of benzene rings is 1. The third-order valence-corrected chi connectivity index (χ3v) is 1.42. The fourth-order valence-electron chi connectivity index (χ4n) is 0.770. The summed E-state index contributed by atoms with van der Waals surface area (Å²) in [6.45, 7) is 5.69. The lowest BCUT2D eigenvalue weighted by atomic mass is 10.2. The SMILES string of the molecule is CCOC(C)=O.Cc1ccc(N)cc1.O. The first-order valence-electron chi connectivity index (χ1n) is 4.51. The molecule has 0 aliphatic heterocycles. The molecule has 0 aliphatic rings. The Balaban J connectivity index is 0. The number of anilines is 1. The van der Waals surface area contributed by atoms with Gasteiger partial charge in [-0.3, -0.25) is 4.79 Å². The van der Waals surface area contributed by atoms with E-state index in [0.717, 1.165) is 5.69 Å². The Hall–Kier alpha value is -1.55. The van der Waals surface area contributed by atoms with Crippen molar-refractivity contribution in [2.24, 2.45) is 0 Å². The van der Waals surface area contributed by atoms with Crippen molar-refractivity contribution < 1.29 is 15.0 Å². The van der Waals surface area contributed by atoms with Gasteiger partial charge in [-0.15, -0.1) is 0 Å². The van der Waals surface area contributed by atoms with E-state index in [-0.39, 0.29) is 11.4 Å². The van der Waals surface area contributed by atoms with Gasteiger partial charge >= 0.3 is 5.97 Å². The van der Waals surface area contributed by atoms with Crippen LogP contribution < -0.4 is 5.73 Å². The maximum atomic E-state index is 9.82. The maximum absolute atomic E-state index is 9.82. The molecule has 1 rings (SSSR count). The summed E-state index contributed by atoms with van der Waals surface area (Å²) in [7, 11) is 0. The van der Waals surface area contributed by atoms with Crippen LogP contribution in [0.2, 0.25) is 0 Å². The van der Waals surface area contributed by atoms with Crippen LogP contribution in [0.25, 0.3) is 0 Å². The number of ether oxygens (including phenoxy) is 1. The van der Waals surface area contributed by atoms with Crippen molar-refractivity contribution in [2.75, 3.05) is 12.3 Å². The molecule has 15 heavy (non-hydrogen) atoms. The second kappa shape index (κ2) is 9.02. The highest BCUT2D eigenvalue weighted by atomic mass is 16.5. The van der Waals surface area contributed by atoms with Crippen molar-refractivity contribution in [1.82, 2.24) is 0 Å². The largest absolute Gasteiger partial charge is 0.466 e. The molecule has 0 unspecified atom stereocenters. The first kappa shape index (κ1) is 15.9. The zero-order valence-electron chi connectivity index (χ0n) is 9.41. The Morgan fingerprint density at radius 3 is 2.00 bits per heavy atom. The third-order valence-electron chi connectivity index (χ3n) is 1.42. The highest BCUT2D eigenvalue weighted by Gasteiger charge is 1.81. The number of hydrogen-bond donors (Lipinski definition) is 1. The molecule has 0 heterocycles. The molecule has 86 valence electrons. The van der Waals surface area contributed by atoms with Crippen LogP contribution in [-0.4, -0.2) is 18.1 Å². The molecule has 4 nitrogen and oxygen atoms in total. The number of nitrogen functional groups attached to an aromatic ring is 1. The van der Waals surface area contributed by atoms with E-state index in [0.29, 0.717) is 6.61 Å². The normalized spacial score (nSPS) is 7.93. The number of aryl methyl sites for hydroxylation is 1. The van der Waals surface area contributed by atoms with E-state index in [9.17, 15) is 4.79 Å². The van der Waals surface area contributed by atoms with Crippen molar-refractivity contribution in [1.29, 1.82) is 0 Å². The van der Waals surface area contributed by atoms with Gasteiger partial charge in [0.2, 0.25) is 0 Å². The van der Waals surface area contributed by atoms with Crippen LogP contribution in [0.4, 0.5) is 5.69 Å². The van der Waals surface area contributed by atoms with E-state index in [1.807, 2.05) is 31.2 Å². The Labute approximate surface area is 90.4 Å². The molecule has 1 aromatic rings. The zero-order valence-corrected chi connectivity index (χ0v) is 9.41. The predicted molar refractivity (Wildman–Crippen MR) is 61.5 cm³/mol. The van der Waals surface area contributed by atoms with Crippen LogP contribution >= 0.6 is 0 Å². The third kappa shape index (κ3) is 10.4. The quantitative estimate of drug-likeness (QED) is 0.564. The maximum Gasteiger partial charge on any atom is 0.302 e. The minimum atomic E-state index is -0.211. The zero-order chi connectivity index (χ0) is 11.0. The molecule has 0 atom stereocenters. The number of rotatable bonds is 1. The number of nitrogens with two attached hydrogens (primary N) is 1. The minimum Gasteiger partial charge on any atom is -0.466 e. The van der Waals surface area contributed by atoms with Crippen LogP contribution in [0.15, 0.2) is 24.3 Å². The van der Waals surface area contributed by atoms with Gasteiger partial charge in [-0.25, -0.2) is 0 Å². The first-order valence-corrected chi connectivity index (χ1v) is 4.51. The summed E-state index contributed by atoms with van der Waals surface area (Å²) >= 11 is 0. The second-order valence-corrected chi connectivity index (χ2v) is 2.84. The van der Waals surface area contributed by atoms with E-state index in [1.165, 1.54) is 12.5 Å². The van der Waals surface area contributed by atoms with Gasteiger partial charge in [-0.05, 0) is 26.0 Å². The van der Waals surface area contributed by atoms with Gasteiger partial charge in [0.15, 0.2) is 0 Å². The fraction of sp³-hybridized carbons (Fsp3) is 0.364. The van der Waals surface area contributed by atoms with E-state index in [1.54, 1.807) is 6.92 Å². The van der Waals surface area contributed by atoms with E-state index < -0.39 is 0 Å². The summed E-state index contributed by atoms with van der Waals surface area (Å²) in [5, 5.41) is 0. The molecule has 0 saturated heterocycles. The summed E-state index contributed by atoms with van der Waals surface area (Å²) in [5.41, 5.74) is 7.51. The molecule has 4 N–H and O–H groups in total. The van der Waals surface area contributed by atoms with Gasteiger partial charge in [0, 0.05) is 12.6 Å². The average Bonchev–Trinajstić information content (AvgIpc) is 2.11. The van der Waals surface area contributed by atoms with Crippen LogP contribution in [0.1, 0.15) is 19.4 Å². The Morgan fingerprint density at radius 2 is 1.80 bits per heavy atom. The molecule has 0 saturated carbocycles. The molecule has 0 aliphatic carbocycles. The predicted octanol–water partition coefficient (Wildman–Crippen LogP) is 1.32. The van der Waals surface area contributed by atoms with E-state index in [4.69, 9.17) is 5.73 Å². The monoisotopic (exact) mass is 213 g/mol.